The van der Waals surface area contributed by atoms with Gasteiger partial charge in [-0.05, 0) is 24.6 Å². The molecular weight excluding hydrogens is 417 g/mol. The van der Waals surface area contributed by atoms with Gasteiger partial charge >= 0.3 is 6.18 Å². The number of hydrogen-bond acceptors (Lipinski definition) is 3. The van der Waals surface area contributed by atoms with Crippen molar-refractivity contribution >= 4 is 17.5 Å². The van der Waals surface area contributed by atoms with Crippen LogP contribution in [0.2, 0.25) is 5.02 Å². The third-order valence-corrected chi connectivity index (χ3v) is 5.68. The second kappa shape index (κ2) is 7.75. The van der Waals surface area contributed by atoms with Gasteiger partial charge < -0.3 is 9.47 Å². The molecule has 1 unspecified atom stereocenters. The minimum Gasteiger partial charge on any atom is -0.326 e. The summed E-state index contributed by atoms with van der Waals surface area (Å²) in [6.07, 6.45) is -4.18. The Morgan fingerprint density at radius 1 is 1.10 bits per heavy atom. The molecule has 0 radical (unpaired) electrons. The number of aryl methyl sites for hydroxylation is 1. The van der Waals surface area contributed by atoms with Crippen molar-refractivity contribution in [2.45, 2.75) is 32.1 Å². The van der Waals surface area contributed by atoms with Crippen molar-refractivity contribution in [3.63, 3.8) is 0 Å². The van der Waals surface area contributed by atoms with Gasteiger partial charge in [0.25, 0.3) is 5.91 Å². The number of benzene rings is 2. The molecule has 0 spiro atoms. The Morgan fingerprint density at radius 2 is 1.83 bits per heavy atom. The molecule has 0 saturated carbocycles. The fourth-order valence-electron chi connectivity index (χ4n) is 3.78. The zero-order valence-electron chi connectivity index (χ0n) is 16.0. The van der Waals surface area contributed by atoms with Crippen LogP contribution < -0.4 is 0 Å². The van der Waals surface area contributed by atoms with Gasteiger partial charge in [-0.1, -0.05) is 48.0 Å². The molecule has 4 rings (SSSR count). The Balaban J connectivity index is 1.74. The fraction of sp³-hybridized carbons (Fsp3) is 0.286. The van der Waals surface area contributed by atoms with E-state index in [1.807, 2.05) is 41.8 Å². The molecule has 0 fully saturated rings. The predicted molar refractivity (Wildman–Crippen MR) is 105 cm³/mol. The van der Waals surface area contributed by atoms with Crippen LogP contribution in [0.4, 0.5) is 13.2 Å². The molecule has 9 heteroatoms. The number of nitrogens with zero attached hydrogens (tertiary/aromatic N) is 4. The highest BCUT2D eigenvalue weighted by Crippen LogP contribution is 2.38. The summed E-state index contributed by atoms with van der Waals surface area (Å²) in [5.74, 6) is 0.783. The summed E-state index contributed by atoms with van der Waals surface area (Å²) in [6.45, 7) is 2.60. The highest BCUT2D eigenvalue weighted by atomic mass is 35.5. The summed E-state index contributed by atoms with van der Waals surface area (Å²) >= 11 is 6.02. The summed E-state index contributed by atoms with van der Waals surface area (Å²) < 4.78 is 41.7. The number of halogens is 4. The van der Waals surface area contributed by atoms with Crippen molar-refractivity contribution in [1.82, 2.24) is 19.7 Å². The lowest BCUT2D eigenvalue weighted by molar-refractivity contribution is -0.137. The summed E-state index contributed by atoms with van der Waals surface area (Å²) in [7, 11) is 0. The van der Waals surface area contributed by atoms with Crippen molar-refractivity contribution < 1.29 is 18.0 Å². The lowest BCUT2D eigenvalue weighted by Gasteiger charge is -2.36. The highest BCUT2D eigenvalue weighted by molar-refractivity contribution is 6.34. The van der Waals surface area contributed by atoms with Gasteiger partial charge in [0.1, 0.15) is 5.82 Å². The number of carbonyl (C=O) groups is 1. The van der Waals surface area contributed by atoms with Crippen molar-refractivity contribution in [2.75, 3.05) is 6.54 Å². The van der Waals surface area contributed by atoms with E-state index in [0.717, 1.165) is 17.5 Å². The van der Waals surface area contributed by atoms with Crippen LogP contribution in [0, 0.1) is 6.92 Å². The van der Waals surface area contributed by atoms with Crippen LogP contribution in [0.3, 0.4) is 0 Å². The van der Waals surface area contributed by atoms with Crippen LogP contribution in [0.1, 0.15) is 39.2 Å². The molecule has 1 aliphatic rings. The van der Waals surface area contributed by atoms with E-state index in [1.54, 1.807) is 0 Å². The molecule has 2 aromatic carbocycles. The molecular formula is C21H18ClF3N4O. The van der Waals surface area contributed by atoms with E-state index in [0.29, 0.717) is 25.3 Å². The van der Waals surface area contributed by atoms with Gasteiger partial charge in [0, 0.05) is 19.5 Å². The molecule has 1 amide bonds. The van der Waals surface area contributed by atoms with Gasteiger partial charge in [0.15, 0.2) is 5.82 Å². The number of hydrogen-bond donors (Lipinski definition) is 0. The molecule has 0 aliphatic carbocycles. The maximum absolute atomic E-state index is 13.3. The second-order valence-corrected chi connectivity index (χ2v) is 7.50. The molecule has 0 saturated heterocycles. The minimum atomic E-state index is -4.64. The van der Waals surface area contributed by atoms with E-state index in [2.05, 4.69) is 10.2 Å². The van der Waals surface area contributed by atoms with Crippen LogP contribution in [0.25, 0.3) is 0 Å². The summed E-state index contributed by atoms with van der Waals surface area (Å²) in [5.41, 5.74) is -0.218. The van der Waals surface area contributed by atoms with E-state index in [9.17, 15) is 18.0 Å². The van der Waals surface area contributed by atoms with E-state index >= 15 is 0 Å². The summed E-state index contributed by atoms with van der Waals surface area (Å²) in [6, 6.07) is 12.5. The predicted octanol–water partition coefficient (Wildman–Crippen LogP) is 4.70. The number of amides is 1. The Labute approximate surface area is 176 Å². The van der Waals surface area contributed by atoms with Gasteiger partial charge in [-0.3, -0.25) is 4.79 Å². The molecule has 156 valence electrons. The highest BCUT2D eigenvalue weighted by Gasteiger charge is 2.38. The first-order valence-electron chi connectivity index (χ1n) is 9.37. The van der Waals surface area contributed by atoms with Crippen LogP contribution in [0.5, 0.6) is 0 Å². The first-order valence-corrected chi connectivity index (χ1v) is 9.75. The average molecular weight is 435 g/mol. The zero-order chi connectivity index (χ0) is 21.5. The maximum atomic E-state index is 13.3. The van der Waals surface area contributed by atoms with E-state index in [1.165, 1.54) is 17.0 Å². The number of fused-ring (bicyclic) bond motifs is 1. The molecule has 0 N–H and O–H groups in total. The summed E-state index contributed by atoms with van der Waals surface area (Å²) in [5, 5.41) is 7.78. The fourth-order valence-corrected chi connectivity index (χ4v) is 4.09. The smallest absolute Gasteiger partial charge is 0.326 e. The first kappa shape index (κ1) is 20.4. The molecule has 1 atom stereocenters. The average Bonchev–Trinajstić information content (AvgIpc) is 3.09. The molecule has 2 heterocycles. The standard InChI is InChI=1S/C21H18ClF3N4O/c1-13-26-27-19-17(12-14-6-3-2-4-7-14)29(11-10-28(13)19)20(30)15-8-5-9-16(18(15)22)21(23,24)25/h2-9,17H,10-12H2,1H3. The largest absolute Gasteiger partial charge is 0.417 e. The second-order valence-electron chi connectivity index (χ2n) is 7.13. The summed E-state index contributed by atoms with van der Waals surface area (Å²) in [4.78, 5) is 14.9. The van der Waals surface area contributed by atoms with E-state index in [4.69, 9.17) is 11.6 Å². The molecule has 3 aromatic rings. The molecule has 0 bridgehead atoms. The van der Waals surface area contributed by atoms with Crippen molar-refractivity contribution in [3.8, 4) is 0 Å². The Morgan fingerprint density at radius 3 is 2.53 bits per heavy atom. The van der Waals surface area contributed by atoms with E-state index in [-0.39, 0.29) is 5.56 Å². The number of rotatable bonds is 3. The monoisotopic (exact) mass is 434 g/mol. The van der Waals surface area contributed by atoms with Crippen LogP contribution in [0.15, 0.2) is 48.5 Å². The minimum absolute atomic E-state index is 0.172. The SMILES string of the molecule is Cc1nnc2n1CCN(C(=O)c1cccc(C(F)(F)F)c1Cl)C2Cc1ccccc1. The van der Waals surface area contributed by atoms with Gasteiger partial charge in [0.2, 0.25) is 0 Å². The van der Waals surface area contributed by atoms with Gasteiger partial charge in [-0.2, -0.15) is 13.2 Å². The molecule has 1 aliphatic heterocycles. The number of alkyl halides is 3. The quantitative estimate of drug-likeness (QED) is 0.600. The third kappa shape index (κ3) is 3.67. The zero-order valence-corrected chi connectivity index (χ0v) is 16.8. The topological polar surface area (TPSA) is 51.0 Å². The van der Waals surface area contributed by atoms with Crippen molar-refractivity contribution in [3.05, 3.63) is 81.9 Å². The molecule has 5 nitrogen and oxygen atoms in total. The number of carbonyl (C=O) groups excluding carboxylic acids is 1. The lowest BCUT2D eigenvalue weighted by Crippen LogP contribution is -2.43. The van der Waals surface area contributed by atoms with Crippen LogP contribution in [-0.4, -0.2) is 32.1 Å². The van der Waals surface area contributed by atoms with Crippen molar-refractivity contribution in [1.29, 1.82) is 0 Å². The normalized spacial score (nSPS) is 16.4. The van der Waals surface area contributed by atoms with Crippen LogP contribution in [-0.2, 0) is 19.1 Å². The van der Waals surface area contributed by atoms with Gasteiger partial charge in [-0.15, -0.1) is 10.2 Å². The van der Waals surface area contributed by atoms with E-state index < -0.39 is 28.7 Å². The Kier molecular flexibility index (Phi) is 5.27. The first-order chi connectivity index (χ1) is 14.3. The lowest BCUT2D eigenvalue weighted by atomic mass is 10.0. The van der Waals surface area contributed by atoms with Gasteiger partial charge in [-0.25, -0.2) is 0 Å². The van der Waals surface area contributed by atoms with Crippen LogP contribution >= 0.6 is 11.6 Å². The number of aromatic nitrogens is 3. The molecule has 30 heavy (non-hydrogen) atoms. The Bertz CT molecular complexity index is 1080. The molecule has 1 aromatic heterocycles. The van der Waals surface area contributed by atoms with Crippen molar-refractivity contribution in [2.24, 2.45) is 0 Å². The maximum Gasteiger partial charge on any atom is 0.417 e. The third-order valence-electron chi connectivity index (χ3n) is 5.27. The Hall–Kier alpha value is -2.87. The van der Waals surface area contributed by atoms with Gasteiger partial charge in [0.05, 0.1) is 22.2 Å².